The molecule has 5 heteroatoms. The largest absolute Gasteiger partial charge is 0.480 e. The molecule has 5 nitrogen and oxygen atoms in total. The molecule has 2 rings (SSSR count). The van der Waals surface area contributed by atoms with Gasteiger partial charge in [-0.15, -0.1) is 0 Å². The number of hydrogen-bond acceptors (Lipinski definition) is 3. The van der Waals surface area contributed by atoms with Crippen LogP contribution in [0.4, 0.5) is 0 Å². The van der Waals surface area contributed by atoms with Crippen LogP contribution in [0, 0.1) is 0 Å². The Kier molecular flexibility index (Phi) is 3.10. The van der Waals surface area contributed by atoms with Crippen molar-refractivity contribution in [3.05, 3.63) is 35.4 Å². The van der Waals surface area contributed by atoms with Crippen molar-refractivity contribution in [2.24, 2.45) is 0 Å². The number of aromatic carboxylic acids is 1. The quantitative estimate of drug-likeness (QED) is 0.725. The number of carbonyl (C=O) groups is 2. The van der Waals surface area contributed by atoms with Crippen LogP contribution < -0.4 is 5.32 Å². The van der Waals surface area contributed by atoms with E-state index in [0.29, 0.717) is 6.54 Å². The lowest BCUT2D eigenvalue weighted by molar-refractivity contribution is -0.139. The van der Waals surface area contributed by atoms with Crippen LogP contribution in [-0.4, -0.2) is 34.7 Å². The van der Waals surface area contributed by atoms with E-state index in [1.807, 2.05) is 0 Å². The van der Waals surface area contributed by atoms with Gasteiger partial charge in [-0.1, -0.05) is 12.1 Å². The highest BCUT2D eigenvalue weighted by molar-refractivity contribution is 5.87. The summed E-state index contributed by atoms with van der Waals surface area (Å²) in [6, 6.07) is 5.82. The number of nitrogens with one attached hydrogen (secondary N) is 1. The standard InChI is InChI=1S/C12H13NO4/c14-11(15)8-3-1-7(2-4-8)9-5-6-13-10(9)12(16)17/h1-4,9-10,13H,5-6H2,(H,14,15)(H,16,17)/t9-,10+/m1/s1. The average Bonchev–Trinajstić information content (AvgIpc) is 2.78. The number of carboxylic acids is 2. The molecule has 0 saturated carbocycles. The van der Waals surface area contributed by atoms with Crippen LogP contribution in [0.25, 0.3) is 0 Å². The molecular formula is C12H13NO4. The molecule has 1 fully saturated rings. The van der Waals surface area contributed by atoms with Gasteiger partial charge >= 0.3 is 11.9 Å². The summed E-state index contributed by atoms with van der Waals surface area (Å²) in [6.07, 6.45) is 0.753. The topological polar surface area (TPSA) is 86.6 Å². The number of carboxylic acid groups (broad SMARTS) is 2. The summed E-state index contributed by atoms with van der Waals surface area (Å²) in [5, 5.41) is 20.7. The third-order valence-corrected chi connectivity index (χ3v) is 3.07. The first-order valence-corrected chi connectivity index (χ1v) is 5.39. The zero-order valence-corrected chi connectivity index (χ0v) is 9.09. The Morgan fingerprint density at radius 3 is 2.35 bits per heavy atom. The van der Waals surface area contributed by atoms with Crippen LogP contribution in [0.3, 0.4) is 0 Å². The fraction of sp³-hybridized carbons (Fsp3) is 0.333. The maximum atomic E-state index is 11.0. The van der Waals surface area contributed by atoms with E-state index >= 15 is 0 Å². The fourth-order valence-electron chi connectivity index (χ4n) is 2.19. The summed E-state index contributed by atoms with van der Waals surface area (Å²) in [4.78, 5) is 21.7. The number of benzene rings is 1. The molecule has 0 aliphatic carbocycles. The molecule has 1 aromatic carbocycles. The van der Waals surface area contributed by atoms with Crippen LogP contribution >= 0.6 is 0 Å². The van der Waals surface area contributed by atoms with E-state index in [-0.39, 0.29) is 11.5 Å². The van der Waals surface area contributed by atoms with Crippen molar-refractivity contribution < 1.29 is 19.8 Å². The van der Waals surface area contributed by atoms with Gasteiger partial charge in [0.05, 0.1) is 5.56 Å². The smallest absolute Gasteiger partial charge is 0.335 e. The molecule has 1 saturated heterocycles. The summed E-state index contributed by atoms with van der Waals surface area (Å²) in [5.74, 6) is -1.93. The van der Waals surface area contributed by atoms with Gasteiger partial charge in [-0.3, -0.25) is 4.79 Å². The lowest BCUT2D eigenvalue weighted by Gasteiger charge is -2.15. The Labute approximate surface area is 98.1 Å². The monoisotopic (exact) mass is 235 g/mol. The molecule has 17 heavy (non-hydrogen) atoms. The number of aliphatic carboxylic acids is 1. The Hall–Kier alpha value is -1.88. The Morgan fingerprint density at radius 2 is 1.82 bits per heavy atom. The molecule has 1 heterocycles. The van der Waals surface area contributed by atoms with Crippen molar-refractivity contribution in [1.29, 1.82) is 0 Å². The lowest BCUT2D eigenvalue weighted by Crippen LogP contribution is -2.34. The van der Waals surface area contributed by atoms with Crippen LogP contribution in [-0.2, 0) is 4.79 Å². The van der Waals surface area contributed by atoms with E-state index in [2.05, 4.69) is 5.32 Å². The molecule has 3 N–H and O–H groups in total. The van der Waals surface area contributed by atoms with Crippen LogP contribution in [0.5, 0.6) is 0 Å². The van der Waals surface area contributed by atoms with Crippen molar-refractivity contribution in [2.45, 2.75) is 18.4 Å². The normalized spacial score (nSPS) is 23.5. The second-order valence-corrected chi connectivity index (χ2v) is 4.09. The number of rotatable bonds is 3. The Bertz CT molecular complexity index is 440. The summed E-state index contributed by atoms with van der Waals surface area (Å²) in [6.45, 7) is 0.669. The zero-order chi connectivity index (χ0) is 12.4. The van der Waals surface area contributed by atoms with E-state index in [4.69, 9.17) is 10.2 Å². The SMILES string of the molecule is O=C(O)c1ccc([C@H]2CCN[C@@H]2C(=O)O)cc1. The molecule has 0 aromatic heterocycles. The van der Waals surface area contributed by atoms with E-state index < -0.39 is 18.0 Å². The van der Waals surface area contributed by atoms with Crippen molar-refractivity contribution >= 4 is 11.9 Å². The van der Waals surface area contributed by atoms with Gasteiger partial charge in [-0.25, -0.2) is 4.79 Å². The van der Waals surface area contributed by atoms with Crippen LogP contribution in [0.15, 0.2) is 24.3 Å². The Morgan fingerprint density at radius 1 is 1.18 bits per heavy atom. The van der Waals surface area contributed by atoms with Crippen molar-refractivity contribution in [3.8, 4) is 0 Å². The molecule has 0 amide bonds. The van der Waals surface area contributed by atoms with Gasteiger partial charge in [0.25, 0.3) is 0 Å². The molecule has 2 atom stereocenters. The van der Waals surface area contributed by atoms with Crippen molar-refractivity contribution in [1.82, 2.24) is 5.32 Å². The minimum Gasteiger partial charge on any atom is -0.480 e. The first kappa shape index (κ1) is 11.6. The van der Waals surface area contributed by atoms with E-state index in [1.54, 1.807) is 12.1 Å². The summed E-state index contributed by atoms with van der Waals surface area (Å²) in [5.41, 5.74) is 1.08. The van der Waals surface area contributed by atoms with Crippen LogP contribution in [0.2, 0.25) is 0 Å². The Balaban J connectivity index is 2.22. The zero-order valence-electron chi connectivity index (χ0n) is 9.09. The second kappa shape index (κ2) is 4.55. The maximum absolute atomic E-state index is 11.0. The number of hydrogen-bond donors (Lipinski definition) is 3. The minimum atomic E-state index is -0.976. The molecule has 1 aromatic rings. The van der Waals surface area contributed by atoms with E-state index in [1.165, 1.54) is 12.1 Å². The van der Waals surface area contributed by atoms with E-state index in [0.717, 1.165) is 12.0 Å². The molecule has 0 radical (unpaired) electrons. The van der Waals surface area contributed by atoms with E-state index in [9.17, 15) is 9.59 Å². The fourth-order valence-corrected chi connectivity index (χ4v) is 2.19. The summed E-state index contributed by atoms with van der Waals surface area (Å²) >= 11 is 0. The third kappa shape index (κ3) is 2.29. The van der Waals surface area contributed by atoms with Gasteiger partial charge in [-0.2, -0.15) is 0 Å². The third-order valence-electron chi connectivity index (χ3n) is 3.07. The van der Waals surface area contributed by atoms with Crippen molar-refractivity contribution in [2.75, 3.05) is 6.54 Å². The highest BCUT2D eigenvalue weighted by Gasteiger charge is 2.33. The molecule has 0 unspecified atom stereocenters. The van der Waals surface area contributed by atoms with Gasteiger partial charge in [0.15, 0.2) is 0 Å². The minimum absolute atomic E-state index is 0.0876. The second-order valence-electron chi connectivity index (χ2n) is 4.09. The molecule has 1 aliphatic rings. The molecular weight excluding hydrogens is 222 g/mol. The lowest BCUT2D eigenvalue weighted by atomic mass is 9.91. The van der Waals surface area contributed by atoms with Gasteiger partial charge in [0.1, 0.15) is 6.04 Å². The molecule has 1 aliphatic heterocycles. The van der Waals surface area contributed by atoms with Gasteiger partial charge in [0, 0.05) is 5.92 Å². The van der Waals surface area contributed by atoms with Gasteiger partial charge in [0.2, 0.25) is 0 Å². The highest BCUT2D eigenvalue weighted by Crippen LogP contribution is 2.28. The average molecular weight is 235 g/mol. The first-order chi connectivity index (χ1) is 8.09. The van der Waals surface area contributed by atoms with Gasteiger partial charge < -0.3 is 15.5 Å². The predicted molar refractivity (Wildman–Crippen MR) is 60.2 cm³/mol. The van der Waals surface area contributed by atoms with Crippen LogP contribution in [0.1, 0.15) is 28.3 Å². The summed E-state index contributed by atoms with van der Waals surface area (Å²) < 4.78 is 0. The van der Waals surface area contributed by atoms with Gasteiger partial charge in [-0.05, 0) is 30.7 Å². The molecule has 0 spiro atoms. The summed E-state index contributed by atoms with van der Waals surface area (Å²) in [7, 11) is 0. The maximum Gasteiger partial charge on any atom is 0.335 e. The predicted octanol–water partition coefficient (Wildman–Crippen LogP) is 0.915. The highest BCUT2D eigenvalue weighted by atomic mass is 16.4. The van der Waals surface area contributed by atoms with Crippen molar-refractivity contribution in [3.63, 3.8) is 0 Å². The molecule has 90 valence electrons. The first-order valence-electron chi connectivity index (χ1n) is 5.39. The molecule has 0 bridgehead atoms.